The topological polar surface area (TPSA) is 66.9 Å². The predicted octanol–water partition coefficient (Wildman–Crippen LogP) is 3.10. The quantitative estimate of drug-likeness (QED) is 0.833. The number of halogens is 1. The fraction of sp³-hybridized carbons (Fsp3) is 0.133. The van der Waals surface area contributed by atoms with E-state index >= 15 is 0 Å². The maximum atomic E-state index is 11.7. The second kappa shape index (κ2) is 6.85. The molecule has 1 amide bonds. The number of aromatic nitrogens is 2. The van der Waals surface area contributed by atoms with Crippen LogP contribution in [0.4, 0.5) is 11.6 Å². The smallest absolute Gasteiger partial charge is 0.254 e. The summed E-state index contributed by atoms with van der Waals surface area (Å²) in [5.74, 6) is 0.185. The molecular weight excluding hydrogens is 288 g/mol. The first-order valence-electron chi connectivity index (χ1n) is 6.34. The molecule has 0 aliphatic carbocycles. The molecular formula is C15H15ClN4O. The Hall–Kier alpha value is -2.40. The molecule has 0 radical (unpaired) electrons. The van der Waals surface area contributed by atoms with Crippen molar-refractivity contribution in [1.29, 1.82) is 0 Å². The lowest BCUT2D eigenvalue weighted by Gasteiger charge is -2.08. The van der Waals surface area contributed by atoms with Gasteiger partial charge in [-0.3, -0.25) is 4.79 Å². The van der Waals surface area contributed by atoms with E-state index in [1.54, 1.807) is 12.1 Å². The number of carbonyl (C=O) groups is 1. The molecule has 0 saturated heterocycles. The summed E-state index contributed by atoms with van der Waals surface area (Å²) in [6.45, 7) is 5.88. The van der Waals surface area contributed by atoms with Gasteiger partial charge < -0.3 is 10.6 Å². The van der Waals surface area contributed by atoms with Crippen LogP contribution in [-0.2, 0) is 0 Å². The molecule has 0 aliphatic heterocycles. The van der Waals surface area contributed by atoms with Crippen molar-refractivity contribution in [1.82, 2.24) is 15.3 Å². The van der Waals surface area contributed by atoms with Gasteiger partial charge in [0.25, 0.3) is 5.91 Å². The van der Waals surface area contributed by atoms with Gasteiger partial charge in [0.2, 0.25) is 5.95 Å². The summed E-state index contributed by atoms with van der Waals surface area (Å²) in [5, 5.41) is 6.42. The van der Waals surface area contributed by atoms with Gasteiger partial charge in [-0.2, -0.15) is 0 Å². The van der Waals surface area contributed by atoms with Crippen LogP contribution in [0.25, 0.3) is 0 Å². The third-order valence-electron chi connectivity index (χ3n) is 2.76. The molecule has 2 rings (SSSR count). The second-order valence-corrected chi connectivity index (χ2v) is 4.81. The van der Waals surface area contributed by atoms with Gasteiger partial charge in [0, 0.05) is 29.6 Å². The van der Waals surface area contributed by atoms with Crippen molar-refractivity contribution in [3.05, 3.63) is 59.4 Å². The average Bonchev–Trinajstić information content (AvgIpc) is 2.48. The summed E-state index contributed by atoms with van der Waals surface area (Å²) >= 11 is 5.91. The molecule has 6 heteroatoms. The second-order valence-electron chi connectivity index (χ2n) is 4.38. The Kier molecular flexibility index (Phi) is 4.90. The first-order chi connectivity index (χ1) is 10.1. The summed E-state index contributed by atoms with van der Waals surface area (Å²) in [6.07, 6.45) is 4.55. The number of amides is 1. The van der Waals surface area contributed by atoms with Gasteiger partial charge >= 0.3 is 0 Å². The number of rotatable bonds is 5. The predicted molar refractivity (Wildman–Crippen MR) is 84.0 cm³/mol. The van der Waals surface area contributed by atoms with Crippen molar-refractivity contribution >= 4 is 29.1 Å². The highest BCUT2D eigenvalue weighted by atomic mass is 35.5. The fourth-order valence-electron chi connectivity index (χ4n) is 1.66. The number of nitrogens with zero attached hydrogens (tertiary/aromatic N) is 2. The van der Waals surface area contributed by atoms with E-state index in [4.69, 9.17) is 11.6 Å². The monoisotopic (exact) mass is 302 g/mol. The maximum Gasteiger partial charge on any atom is 0.254 e. The molecule has 21 heavy (non-hydrogen) atoms. The zero-order valence-electron chi connectivity index (χ0n) is 11.6. The van der Waals surface area contributed by atoms with Crippen molar-refractivity contribution in [3.63, 3.8) is 0 Å². The van der Waals surface area contributed by atoms with Crippen LogP contribution in [0.1, 0.15) is 15.9 Å². The van der Waals surface area contributed by atoms with Crippen LogP contribution >= 0.6 is 11.6 Å². The van der Waals surface area contributed by atoms with Crippen LogP contribution in [0.3, 0.4) is 0 Å². The van der Waals surface area contributed by atoms with Crippen LogP contribution in [0.2, 0.25) is 5.02 Å². The lowest BCUT2D eigenvalue weighted by Crippen LogP contribution is -2.23. The van der Waals surface area contributed by atoms with Crippen LogP contribution in [0, 0.1) is 6.92 Å². The Balaban J connectivity index is 2.08. The van der Waals surface area contributed by atoms with Crippen LogP contribution in [0.5, 0.6) is 0 Å². The zero-order chi connectivity index (χ0) is 15.2. The van der Waals surface area contributed by atoms with Crippen LogP contribution in [-0.4, -0.2) is 22.4 Å². The summed E-state index contributed by atoms with van der Waals surface area (Å²) in [5.41, 5.74) is 2.25. The van der Waals surface area contributed by atoms with E-state index in [1.807, 2.05) is 19.1 Å². The lowest BCUT2D eigenvalue weighted by atomic mass is 10.2. The molecule has 0 unspecified atom stereocenters. The Bertz CT molecular complexity index is 655. The van der Waals surface area contributed by atoms with Gasteiger partial charge in [-0.1, -0.05) is 17.7 Å². The Morgan fingerprint density at radius 2 is 2.10 bits per heavy atom. The van der Waals surface area contributed by atoms with E-state index in [1.165, 1.54) is 12.4 Å². The molecule has 0 atom stereocenters. The van der Waals surface area contributed by atoms with Gasteiger partial charge in [0.1, 0.15) is 0 Å². The third-order valence-corrected chi connectivity index (χ3v) is 2.99. The highest BCUT2D eigenvalue weighted by molar-refractivity contribution is 6.30. The molecule has 2 aromatic rings. The number of nitrogens with one attached hydrogen (secondary N) is 2. The van der Waals surface area contributed by atoms with Crippen molar-refractivity contribution in [3.8, 4) is 0 Å². The summed E-state index contributed by atoms with van der Waals surface area (Å²) in [6, 6.07) is 5.49. The highest BCUT2D eigenvalue weighted by Crippen LogP contribution is 2.21. The minimum absolute atomic E-state index is 0.232. The summed E-state index contributed by atoms with van der Waals surface area (Å²) < 4.78 is 0. The van der Waals surface area contributed by atoms with Crippen molar-refractivity contribution < 1.29 is 4.79 Å². The Morgan fingerprint density at radius 1 is 1.38 bits per heavy atom. The van der Waals surface area contributed by atoms with Crippen LogP contribution in [0.15, 0.2) is 43.2 Å². The van der Waals surface area contributed by atoms with E-state index < -0.39 is 0 Å². The van der Waals surface area contributed by atoms with Crippen molar-refractivity contribution in [2.45, 2.75) is 6.92 Å². The van der Waals surface area contributed by atoms with E-state index in [9.17, 15) is 4.79 Å². The number of hydrogen-bond acceptors (Lipinski definition) is 4. The SMILES string of the molecule is C=CCNC(=O)c1cnc(Nc2ccc(Cl)cc2C)nc1. The first-order valence-corrected chi connectivity index (χ1v) is 6.72. The van der Waals surface area contributed by atoms with E-state index in [-0.39, 0.29) is 5.91 Å². The van der Waals surface area contributed by atoms with Gasteiger partial charge in [-0.15, -0.1) is 6.58 Å². The molecule has 1 heterocycles. The molecule has 1 aromatic carbocycles. The normalized spacial score (nSPS) is 10.0. The number of benzene rings is 1. The molecule has 108 valence electrons. The number of anilines is 2. The average molecular weight is 303 g/mol. The first kappa shape index (κ1) is 15.0. The van der Waals surface area contributed by atoms with E-state index in [0.717, 1.165) is 11.3 Å². The van der Waals surface area contributed by atoms with Gasteiger partial charge in [0.05, 0.1) is 5.56 Å². The van der Waals surface area contributed by atoms with Gasteiger partial charge in [-0.25, -0.2) is 9.97 Å². The van der Waals surface area contributed by atoms with Crippen molar-refractivity contribution in [2.24, 2.45) is 0 Å². The Morgan fingerprint density at radius 3 is 2.71 bits per heavy atom. The molecule has 0 saturated carbocycles. The summed E-state index contributed by atoms with van der Waals surface area (Å²) in [7, 11) is 0. The minimum Gasteiger partial charge on any atom is -0.348 e. The summed E-state index contributed by atoms with van der Waals surface area (Å²) in [4.78, 5) is 19.9. The Labute approximate surface area is 128 Å². The van der Waals surface area contributed by atoms with E-state index in [0.29, 0.717) is 23.1 Å². The number of hydrogen-bond donors (Lipinski definition) is 2. The minimum atomic E-state index is -0.232. The molecule has 0 bridgehead atoms. The molecule has 0 aliphatic rings. The van der Waals surface area contributed by atoms with E-state index in [2.05, 4.69) is 27.2 Å². The third kappa shape index (κ3) is 4.03. The highest BCUT2D eigenvalue weighted by Gasteiger charge is 2.07. The molecule has 1 aromatic heterocycles. The molecule has 2 N–H and O–H groups in total. The molecule has 5 nitrogen and oxygen atoms in total. The standard InChI is InChI=1S/C15H15ClN4O/c1-3-6-17-14(21)11-8-18-15(19-9-11)20-13-5-4-12(16)7-10(13)2/h3-5,7-9H,1,6H2,2H3,(H,17,21)(H,18,19,20). The van der Waals surface area contributed by atoms with Gasteiger partial charge in [-0.05, 0) is 30.7 Å². The fourth-order valence-corrected chi connectivity index (χ4v) is 1.89. The van der Waals surface area contributed by atoms with Gasteiger partial charge in [0.15, 0.2) is 0 Å². The lowest BCUT2D eigenvalue weighted by molar-refractivity contribution is 0.0957. The van der Waals surface area contributed by atoms with Crippen molar-refractivity contribution in [2.75, 3.05) is 11.9 Å². The number of aryl methyl sites for hydroxylation is 1. The zero-order valence-corrected chi connectivity index (χ0v) is 12.3. The maximum absolute atomic E-state index is 11.7. The van der Waals surface area contributed by atoms with Crippen LogP contribution < -0.4 is 10.6 Å². The largest absolute Gasteiger partial charge is 0.348 e. The number of carbonyl (C=O) groups excluding carboxylic acids is 1. The molecule has 0 spiro atoms. The molecule has 0 fully saturated rings.